The molecule has 0 aromatic carbocycles. The molecule has 2 heterocycles. The van der Waals surface area contributed by atoms with Crippen LogP contribution in [0.5, 0.6) is 0 Å². The van der Waals surface area contributed by atoms with Gasteiger partial charge in [0, 0.05) is 12.0 Å². The number of carbonyl (C=O) groups excluding carboxylic acids is 3. The molecule has 0 saturated carbocycles. The third-order valence-electron chi connectivity index (χ3n) is 4.38. The van der Waals surface area contributed by atoms with Gasteiger partial charge >= 0.3 is 0 Å². The Labute approximate surface area is 144 Å². The van der Waals surface area contributed by atoms with Gasteiger partial charge in [-0.25, -0.2) is 0 Å². The molecule has 2 saturated heterocycles. The fraction of sp³-hybridized carbons (Fsp3) is 0.500. The SMILES string of the molecule is C/C=C1/C(=O)N(C2CCC(=O)NC2=O)[B]/C1=C/C(=C\C)C(C)(C)C. The summed E-state index contributed by atoms with van der Waals surface area (Å²) in [6.45, 7) is 10.1. The number of allylic oxidation sites excluding steroid dienone is 4. The Morgan fingerprint density at radius 3 is 2.42 bits per heavy atom. The van der Waals surface area contributed by atoms with Gasteiger partial charge in [-0.05, 0) is 36.7 Å². The zero-order chi connectivity index (χ0) is 18.1. The molecule has 0 aromatic rings. The van der Waals surface area contributed by atoms with Crippen LogP contribution in [0.1, 0.15) is 47.5 Å². The van der Waals surface area contributed by atoms with Gasteiger partial charge in [-0.1, -0.05) is 39.0 Å². The Morgan fingerprint density at radius 2 is 1.92 bits per heavy atom. The van der Waals surface area contributed by atoms with Crippen molar-refractivity contribution in [2.75, 3.05) is 0 Å². The fourth-order valence-electron chi connectivity index (χ4n) is 3.03. The molecule has 1 unspecified atom stereocenters. The largest absolute Gasteiger partial charge is 0.371 e. The first-order valence-corrected chi connectivity index (χ1v) is 8.25. The summed E-state index contributed by atoms with van der Waals surface area (Å²) in [5.74, 6) is -0.883. The summed E-state index contributed by atoms with van der Waals surface area (Å²) in [6, 6.07) is -0.625. The quantitative estimate of drug-likeness (QED) is 0.480. The van der Waals surface area contributed by atoms with Crippen LogP contribution in [0.2, 0.25) is 0 Å². The molecule has 1 atom stereocenters. The van der Waals surface area contributed by atoms with Crippen molar-refractivity contribution in [3.05, 3.63) is 34.8 Å². The van der Waals surface area contributed by atoms with Crippen LogP contribution in [0.15, 0.2) is 34.8 Å². The molecule has 5 nitrogen and oxygen atoms in total. The molecule has 1 N–H and O–H groups in total. The predicted molar refractivity (Wildman–Crippen MR) is 93.8 cm³/mol. The zero-order valence-electron chi connectivity index (χ0n) is 15.0. The van der Waals surface area contributed by atoms with Gasteiger partial charge < -0.3 is 4.81 Å². The van der Waals surface area contributed by atoms with Crippen molar-refractivity contribution in [2.45, 2.75) is 53.5 Å². The highest BCUT2D eigenvalue weighted by Crippen LogP contribution is 2.32. The van der Waals surface area contributed by atoms with Crippen LogP contribution in [0.3, 0.4) is 0 Å². The van der Waals surface area contributed by atoms with E-state index in [-0.39, 0.29) is 23.7 Å². The molecule has 0 aromatic heterocycles. The van der Waals surface area contributed by atoms with Crippen molar-refractivity contribution in [3.63, 3.8) is 0 Å². The van der Waals surface area contributed by atoms with E-state index in [1.54, 1.807) is 13.5 Å². The molecule has 0 aliphatic carbocycles. The van der Waals surface area contributed by atoms with Crippen LogP contribution >= 0.6 is 0 Å². The lowest BCUT2D eigenvalue weighted by Crippen LogP contribution is -2.53. The van der Waals surface area contributed by atoms with Crippen molar-refractivity contribution in [1.82, 2.24) is 10.1 Å². The molecule has 0 spiro atoms. The predicted octanol–water partition coefficient (Wildman–Crippen LogP) is 2.08. The number of nitrogens with one attached hydrogen (secondary N) is 1. The molecule has 2 fully saturated rings. The molecular weight excluding hydrogens is 303 g/mol. The third-order valence-corrected chi connectivity index (χ3v) is 4.38. The van der Waals surface area contributed by atoms with Gasteiger partial charge in [0.1, 0.15) is 0 Å². The smallest absolute Gasteiger partial charge is 0.290 e. The van der Waals surface area contributed by atoms with E-state index in [2.05, 4.69) is 26.1 Å². The van der Waals surface area contributed by atoms with Gasteiger partial charge in [0.25, 0.3) is 7.41 Å². The lowest BCUT2D eigenvalue weighted by Gasteiger charge is -2.29. The number of rotatable bonds is 2. The van der Waals surface area contributed by atoms with E-state index in [0.29, 0.717) is 12.0 Å². The number of amides is 3. The number of nitrogens with zero attached hydrogens (tertiary/aromatic N) is 1. The van der Waals surface area contributed by atoms with Crippen LogP contribution in [0.25, 0.3) is 0 Å². The molecule has 2 rings (SSSR count). The number of hydrogen-bond acceptors (Lipinski definition) is 3. The Kier molecular flexibility index (Phi) is 5.16. The summed E-state index contributed by atoms with van der Waals surface area (Å²) in [5.41, 5.74) is 2.46. The molecule has 6 heteroatoms. The maximum Gasteiger partial charge on any atom is 0.290 e. The minimum atomic E-state index is -0.625. The van der Waals surface area contributed by atoms with Crippen LogP contribution in [-0.4, -0.2) is 36.0 Å². The molecule has 0 bridgehead atoms. The standard InChI is InChI=1S/C18H24BN2O3/c1-6-11(18(3,4)5)10-13-12(7-2)17(24)21(19-13)14-8-9-15(22)20-16(14)23/h6-7,10,14H,8-9H2,1-5H3,(H,20,22,23)/b11-6+,12-7+,13-10+. The topological polar surface area (TPSA) is 66.5 Å². The second-order valence-corrected chi connectivity index (χ2v) is 7.10. The maximum absolute atomic E-state index is 12.7. The second-order valence-electron chi connectivity index (χ2n) is 7.10. The molecular formula is C18H24BN2O3. The first-order chi connectivity index (χ1) is 11.2. The average molecular weight is 327 g/mol. The minimum Gasteiger partial charge on any atom is -0.371 e. The van der Waals surface area contributed by atoms with Crippen molar-refractivity contribution >= 4 is 25.1 Å². The summed E-state index contributed by atoms with van der Waals surface area (Å²) in [7, 11) is 1.73. The van der Waals surface area contributed by atoms with Gasteiger partial charge in [0.2, 0.25) is 17.7 Å². The normalized spacial score (nSPS) is 26.2. The van der Waals surface area contributed by atoms with Crippen molar-refractivity contribution in [3.8, 4) is 0 Å². The highest BCUT2D eigenvalue weighted by Gasteiger charge is 2.41. The Morgan fingerprint density at radius 1 is 1.25 bits per heavy atom. The summed E-state index contributed by atoms with van der Waals surface area (Å²) < 4.78 is 0. The van der Waals surface area contributed by atoms with Crippen LogP contribution in [0.4, 0.5) is 0 Å². The zero-order valence-corrected chi connectivity index (χ0v) is 15.0. The van der Waals surface area contributed by atoms with E-state index in [4.69, 9.17) is 0 Å². The fourth-order valence-corrected chi connectivity index (χ4v) is 3.03. The highest BCUT2D eigenvalue weighted by molar-refractivity contribution is 6.55. The van der Waals surface area contributed by atoms with E-state index in [0.717, 1.165) is 11.0 Å². The number of piperidine rings is 1. The summed E-state index contributed by atoms with van der Waals surface area (Å²) in [5, 5.41) is 2.31. The molecule has 2 aliphatic heterocycles. The van der Waals surface area contributed by atoms with Crippen molar-refractivity contribution in [1.29, 1.82) is 0 Å². The number of hydrogen-bond donors (Lipinski definition) is 1. The summed E-state index contributed by atoms with van der Waals surface area (Å²) >= 11 is 0. The van der Waals surface area contributed by atoms with Crippen LogP contribution in [0, 0.1) is 5.41 Å². The minimum absolute atomic E-state index is 0.0421. The van der Waals surface area contributed by atoms with Gasteiger partial charge in [0.15, 0.2) is 0 Å². The van der Waals surface area contributed by atoms with Crippen LogP contribution < -0.4 is 5.32 Å². The van der Waals surface area contributed by atoms with Gasteiger partial charge in [-0.2, -0.15) is 0 Å². The Bertz CT molecular complexity index is 668. The summed E-state index contributed by atoms with van der Waals surface area (Å²) in [4.78, 5) is 37.6. The van der Waals surface area contributed by atoms with Crippen LogP contribution in [-0.2, 0) is 14.4 Å². The third kappa shape index (κ3) is 3.52. The van der Waals surface area contributed by atoms with E-state index < -0.39 is 11.9 Å². The molecule has 3 amide bonds. The summed E-state index contributed by atoms with van der Waals surface area (Å²) in [6.07, 6.45) is 6.41. The average Bonchev–Trinajstić information content (AvgIpc) is 2.79. The van der Waals surface area contributed by atoms with E-state index >= 15 is 0 Å². The lowest BCUT2D eigenvalue weighted by molar-refractivity contribution is -0.140. The highest BCUT2D eigenvalue weighted by atomic mass is 16.2. The maximum atomic E-state index is 12.7. The number of carbonyl (C=O) groups is 3. The van der Waals surface area contributed by atoms with Gasteiger partial charge in [-0.3, -0.25) is 19.7 Å². The lowest BCUT2D eigenvalue weighted by atomic mass is 9.75. The van der Waals surface area contributed by atoms with Crippen molar-refractivity contribution < 1.29 is 14.4 Å². The van der Waals surface area contributed by atoms with Gasteiger partial charge in [-0.15, -0.1) is 0 Å². The number of imide groups is 1. The molecule has 1 radical (unpaired) electrons. The van der Waals surface area contributed by atoms with Gasteiger partial charge in [0.05, 0.1) is 6.04 Å². The van der Waals surface area contributed by atoms with E-state index in [9.17, 15) is 14.4 Å². The molecule has 2 aliphatic rings. The molecule has 127 valence electrons. The molecule has 24 heavy (non-hydrogen) atoms. The van der Waals surface area contributed by atoms with Crippen molar-refractivity contribution in [2.24, 2.45) is 5.41 Å². The van der Waals surface area contributed by atoms with E-state index in [1.165, 1.54) is 4.81 Å². The second kappa shape index (κ2) is 6.79. The van der Waals surface area contributed by atoms with E-state index in [1.807, 2.05) is 26.0 Å². The first-order valence-electron chi connectivity index (χ1n) is 8.25. The Hall–Kier alpha value is -2.11. The Balaban J connectivity index is 2.33. The monoisotopic (exact) mass is 327 g/mol. The first kappa shape index (κ1) is 18.2.